The molecule has 0 aromatic heterocycles. The van der Waals surface area contributed by atoms with Crippen molar-refractivity contribution >= 4 is 34.8 Å². The molecule has 194 valence electrons. The number of para-hydroxylation sites is 4. The van der Waals surface area contributed by atoms with Gasteiger partial charge < -0.3 is 10.6 Å². The maximum Gasteiger partial charge on any atom is 0.326 e. The van der Waals surface area contributed by atoms with Gasteiger partial charge in [0.2, 0.25) is 0 Å². The van der Waals surface area contributed by atoms with Gasteiger partial charge in [0.25, 0.3) is 0 Å². The van der Waals surface area contributed by atoms with Gasteiger partial charge in [-0.2, -0.15) is 0 Å². The molecule has 0 bridgehead atoms. The van der Waals surface area contributed by atoms with E-state index in [4.69, 9.17) is 0 Å². The standard InChI is InChI=1S/C32H34N4O2/c37-31(35(27-17-7-3-8-18-27)28-19-9-4-10-20-28)33-25-15-1-2-16-26-34-32(38)36(29-21-11-5-12-22-29)30-23-13-6-14-24-30/h3-14,17-24H,1-2,15-16,25-26H2,(H,33,37)(H,34,38). The number of carbonyl (C=O) groups is 2. The van der Waals surface area contributed by atoms with E-state index < -0.39 is 0 Å². The van der Waals surface area contributed by atoms with Crippen LogP contribution in [0.5, 0.6) is 0 Å². The van der Waals surface area contributed by atoms with Crippen molar-refractivity contribution in [3.05, 3.63) is 121 Å². The van der Waals surface area contributed by atoms with Crippen LogP contribution in [0.15, 0.2) is 121 Å². The van der Waals surface area contributed by atoms with Gasteiger partial charge >= 0.3 is 12.1 Å². The molecule has 4 rings (SSSR count). The number of carbonyl (C=O) groups excluding carboxylic acids is 2. The Labute approximate surface area is 224 Å². The van der Waals surface area contributed by atoms with Crippen LogP contribution < -0.4 is 20.4 Å². The minimum Gasteiger partial charge on any atom is -0.337 e. The normalized spacial score (nSPS) is 10.4. The molecule has 0 aliphatic heterocycles. The Morgan fingerprint density at radius 2 is 0.684 bits per heavy atom. The molecule has 0 atom stereocenters. The lowest BCUT2D eigenvalue weighted by atomic mass is 10.2. The van der Waals surface area contributed by atoms with Crippen molar-refractivity contribution in [2.45, 2.75) is 25.7 Å². The topological polar surface area (TPSA) is 64.7 Å². The van der Waals surface area contributed by atoms with Crippen LogP contribution in [0.25, 0.3) is 0 Å². The average Bonchev–Trinajstić information content (AvgIpc) is 2.97. The fourth-order valence-electron chi connectivity index (χ4n) is 4.23. The van der Waals surface area contributed by atoms with Crippen molar-refractivity contribution < 1.29 is 9.59 Å². The Balaban J connectivity index is 1.19. The number of hydrogen-bond donors (Lipinski definition) is 2. The highest BCUT2D eigenvalue weighted by molar-refractivity contribution is 6.00. The lowest BCUT2D eigenvalue weighted by molar-refractivity contribution is 0.247. The fourth-order valence-corrected chi connectivity index (χ4v) is 4.23. The monoisotopic (exact) mass is 506 g/mol. The van der Waals surface area contributed by atoms with E-state index >= 15 is 0 Å². The van der Waals surface area contributed by atoms with Crippen molar-refractivity contribution in [1.82, 2.24) is 10.6 Å². The highest BCUT2D eigenvalue weighted by Gasteiger charge is 2.18. The van der Waals surface area contributed by atoms with Gasteiger partial charge in [-0.25, -0.2) is 9.59 Å². The van der Waals surface area contributed by atoms with Gasteiger partial charge in [-0.1, -0.05) is 85.6 Å². The highest BCUT2D eigenvalue weighted by Crippen LogP contribution is 2.26. The van der Waals surface area contributed by atoms with Crippen LogP contribution in [0.2, 0.25) is 0 Å². The first-order valence-electron chi connectivity index (χ1n) is 13.1. The van der Waals surface area contributed by atoms with E-state index in [9.17, 15) is 9.59 Å². The number of nitrogens with one attached hydrogen (secondary N) is 2. The number of amides is 4. The molecule has 0 heterocycles. The lowest BCUT2D eigenvalue weighted by Gasteiger charge is -2.23. The predicted octanol–water partition coefficient (Wildman–Crippen LogP) is 7.64. The van der Waals surface area contributed by atoms with E-state index in [1.165, 1.54) is 0 Å². The van der Waals surface area contributed by atoms with E-state index in [1.54, 1.807) is 9.80 Å². The summed E-state index contributed by atoms with van der Waals surface area (Å²) < 4.78 is 0. The van der Waals surface area contributed by atoms with Crippen molar-refractivity contribution in [1.29, 1.82) is 0 Å². The largest absolute Gasteiger partial charge is 0.337 e. The van der Waals surface area contributed by atoms with Crippen LogP contribution in [-0.4, -0.2) is 25.2 Å². The second-order valence-corrected chi connectivity index (χ2v) is 8.89. The highest BCUT2D eigenvalue weighted by atomic mass is 16.2. The molecule has 0 saturated carbocycles. The lowest BCUT2D eigenvalue weighted by Crippen LogP contribution is -2.37. The smallest absolute Gasteiger partial charge is 0.326 e. The third kappa shape index (κ3) is 7.46. The molecule has 6 heteroatoms. The number of unbranched alkanes of at least 4 members (excludes halogenated alkanes) is 3. The Morgan fingerprint density at radius 3 is 0.947 bits per heavy atom. The quantitative estimate of drug-likeness (QED) is 0.205. The summed E-state index contributed by atoms with van der Waals surface area (Å²) in [4.78, 5) is 29.4. The molecular formula is C32H34N4O2. The third-order valence-electron chi connectivity index (χ3n) is 6.12. The van der Waals surface area contributed by atoms with E-state index in [-0.39, 0.29) is 12.1 Å². The summed E-state index contributed by atoms with van der Waals surface area (Å²) in [5, 5.41) is 6.10. The summed E-state index contributed by atoms with van der Waals surface area (Å²) in [5.74, 6) is 0. The molecular weight excluding hydrogens is 472 g/mol. The van der Waals surface area contributed by atoms with Crippen LogP contribution in [0, 0.1) is 0 Å². The van der Waals surface area contributed by atoms with Crippen molar-refractivity contribution in [2.24, 2.45) is 0 Å². The molecule has 0 radical (unpaired) electrons. The number of nitrogens with zero attached hydrogens (tertiary/aromatic N) is 2. The van der Waals surface area contributed by atoms with Crippen LogP contribution in [0.1, 0.15) is 25.7 Å². The summed E-state index contributed by atoms with van der Waals surface area (Å²) in [7, 11) is 0. The summed E-state index contributed by atoms with van der Waals surface area (Å²) in [6.45, 7) is 1.19. The van der Waals surface area contributed by atoms with Crippen molar-refractivity contribution in [2.75, 3.05) is 22.9 Å². The minimum atomic E-state index is -0.142. The second kappa shape index (κ2) is 14.2. The fraction of sp³-hybridized carbons (Fsp3) is 0.188. The molecule has 0 aliphatic carbocycles. The Kier molecular flexibility index (Phi) is 9.92. The molecule has 0 aliphatic rings. The average molecular weight is 507 g/mol. The summed E-state index contributed by atoms with van der Waals surface area (Å²) in [6, 6.07) is 38.3. The van der Waals surface area contributed by atoms with Gasteiger partial charge in [0.15, 0.2) is 0 Å². The molecule has 0 spiro atoms. The first-order valence-corrected chi connectivity index (χ1v) is 13.1. The van der Waals surface area contributed by atoms with E-state index in [1.807, 2.05) is 121 Å². The summed E-state index contributed by atoms with van der Waals surface area (Å²) in [6.07, 6.45) is 3.68. The Bertz CT molecular complexity index is 1070. The van der Waals surface area contributed by atoms with Gasteiger partial charge in [-0.3, -0.25) is 9.80 Å². The number of rotatable bonds is 11. The zero-order valence-electron chi connectivity index (χ0n) is 21.5. The molecule has 6 nitrogen and oxygen atoms in total. The van der Waals surface area contributed by atoms with Crippen molar-refractivity contribution in [3.8, 4) is 0 Å². The van der Waals surface area contributed by atoms with Gasteiger partial charge in [-0.15, -0.1) is 0 Å². The number of hydrogen-bond acceptors (Lipinski definition) is 2. The van der Waals surface area contributed by atoms with Crippen LogP contribution in [0.3, 0.4) is 0 Å². The molecule has 0 fully saturated rings. The van der Waals surface area contributed by atoms with Gasteiger partial charge in [0.05, 0.1) is 22.7 Å². The van der Waals surface area contributed by atoms with Crippen LogP contribution in [0.4, 0.5) is 32.3 Å². The van der Waals surface area contributed by atoms with Gasteiger partial charge in [0.1, 0.15) is 0 Å². The molecule has 4 aromatic carbocycles. The van der Waals surface area contributed by atoms with E-state index in [0.29, 0.717) is 13.1 Å². The van der Waals surface area contributed by atoms with Crippen LogP contribution >= 0.6 is 0 Å². The SMILES string of the molecule is O=C(NCCCCCCNC(=O)N(c1ccccc1)c1ccccc1)N(c1ccccc1)c1ccccc1. The zero-order chi connectivity index (χ0) is 26.4. The summed E-state index contributed by atoms with van der Waals surface area (Å²) in [5.41, 5.74) is 3.30. The maximum atomic E-state index is 13.0. The van der Waals surface area contributed by atoms with Crippen molar-refractivity contribution in [3.63, 3.8) is 0 Å². The molecule has 0 unspecified atom stereocenters. The first-order chi connectivity index (χ1) is 18.7. The maximum absolute atomic E-state index is 13.0. The molecule has 0 saturated heterocycles. The van der Waals surface area contributed by atoms with Crippen LogP contribution in [-0.2, 0) is 0 Å². The first kappa shape index (κ1) is 26.5. The minimum absolute atomic E-state index is 0.142. The Hall–Kier alpha value is -4.58. The number of urea groups is 2. The molecule has 4 amide bonds. The molecule has 4 aromatic rings. The second-order valence-electron chi connectivity index (χ2n) is 8.89. The summed E-state index contributed by atoms with van der Waals surface area (Å²) >= 11 is 0. The Morgan fingerprint density at radius 1 is 0.421 bits per heavy atom. The zero-order valence-corrected chi connectivity index (χ0v) is 21.5. The molecule has 38 heavy (non-hydrogen) atoms. The van der Waals surface area contributed by atoms with Gasteiger partial charge in [0, 0.05) is 13.1 Å². The third-order valence-corrected chi connectivity index (χ3v) is 6.12. The molecule has 2 N–H and O–H groups in total. The number of benzene rings is 4. The number of anilines is 4. The van der Waals surface area contributed by atoms with Gasteiger partial charge in [-0.05, 0) is 61.4 Å². The van der Waals surface area contributed by atoms with E-state index in [0.717, 1.165) is 48.4 Å². The predicted molar refractivity (Wildman–Crippen MR) is 155 cm³/mol. The van der Waals surface area contributed by atoms with E-state index in [2.05, 4.69) is 10.6 Å².